The zero-order valence-electron chi connectivity index (χ0n) is 8.34. The Bertz CT molecular complexity index is 507. The van der Waals surface area contributed by atoms with Gasteiger partial charge in [-0.15, -0.1) is 0 Å². The number of hydrogen-bond donors (Lipinski definition) is 4. The van der Waals surface area contributed by atoms with Gasteiger partial charge in [0.1, 0.15) is 0 Å². The summed E-state index contributed by atoms with van der Waals surface area (Å²) in [6, 6.07) is 0. The van der Waals surface area contributed by atoms with Crippen LogP contribution in [-0.4, -0.2) is 67.2 Å². The van der Waals surface area contributed by atoms with Crippen molar-refractivity contribution in [3.63, 3.8) is 0 Å². The van der Waals surface area contributed by atoms with Gasteiger partial charge in [-0.1, -0.05) is 0 Å². The van der Waals surface area contributed by atoms with Crippen LogP contribution in [0.3, 0.4) is 0 Å². The van der Waals surface area contributed by atoms with E-state index in [0.717, 1.165) is 0 Å². The number of nitrogens with zero attached hydrogens (tertiary/aromatic N) is 3. The van der Waals surface area contributed by atoms with Crippen molar-refractivity contribution >= 4 is 35.7 Å². The predicted octanol–water partition coefficient (Wildman–Crippen LogP) is -1.64. The third-order valence-electron chi connectivity index (χ3n) is 1.74. The molecule has 1 rings (SSSR count). The van der Waals surface area contributed by atoms with Crippen LogP contribution in [0.15, 0.2) is 9.98 Å². The highest BCUT2D eigenvalue weighted by Gasteiger charge is 2.41. The molecule has 0 aromatic heterocycles. The molecule has 96 valence electrons. The van der Waals surface area contributed by atoms with Gasteiger partial charge < -0.3 is 20.4 Å². The first-order valence-electron chi connectivity index (χ1n) is 4.13. The molecular weight excluding hydrogens is 254 g/mol. The second-order valence-electron chi connectivity index (χ2n) is 2.86. The minimum Gasteiger partial charge on any atom is -0.478 e. The number of aliphatic imine (C=N–C) groups is 2. The van der Waals surface area contributed by atoms with Gasteiger partial charge >= 0.3 is 24.0 Å². The normalized spacial score (nSPS) is 18.7. The Hall–Kier alpha value is -2.98. The quantitative estimate of drug-likeness (QED) is 0.465. The van der Waals surface area contributed by atoms with Crippen LogP contribution in [0.4, 0.5) is 4.79 Å². The number of carbonyl (C=O) groups is 4. The van der Waals surface area contributed by atoms with E-state index in [1.807, 2.05) is 0 Å². The highest BCUT2D eigenvalue weighted by Crippen LogP contribution is 2.11. The van der Waals surface area contributed by atoms with Crippen molar-refractivity contribution in [2.75, 3.05) is 0 Å². The molecule has 1 aliphatic heterocycles. The van der Waals surface area contributed by atoms with Crippen molar-refractivity contribution in [1.82, 2.24) is 4.90 Å². The van der Waals surface area contributed by atoms with Gasteiger partial charge in [0.05, 0.1) is 0 Å². The fourth-order valence-corrected chi connectivity index (χ4v) is 1.09. The molecule has 0 aliphatic carbocycles. The van der Waals surface area contributed by atoms with Gasteiger partial charge in [0.15, 0.2) is 0 Å². The molecule has 0 fully saturated rings. The summed E-state index contributed by atoms with van der Waals surface area (Å²) in [6.45, 7) is 0. The molecule has 1 amide bonds. The van der Waals surface area contributed by atoms with Crippen molar-refractivity contribution < 1.29 is 39.6 Å². The maximum Gasteiger partial charge on any atom is 0.415 e. The molecule has 4 N–H and O–H groups in total. The summed E-state index contributed by atoms with van der Waals surface area (Å²) in [5, 5.41) is 34.7. The van der Waals surface area contributed by atoms with Crippen molar-refractivity contribution in [1.29, 1.82) is 0 Å². The lowest BCUT2D eigenvalue weighted by Crippen LogP contribution is -2.53. The highest BCUT2D eigenvalue weighted by molar-refractivity contribution is 6.45. The summed E-state index contributed by atoms with van der Waals surface area (Å²) in [4.78, 5) is 48.7. The molecule has 11 nitrogen and oxygen atoms in total. The van der Waals surface area contributed by atoms with E-state index in [1.54, 1.807) is 0 Å². The van der Waals surface area contributed by atoms with E-state index in [9.17, 15) is 19.2 Å². The Morgan fingerprint density at radius 3 is 1.89 bits per heavy atom. The van der Waals surface area contributed by atoms with Crippen LogP contribution in [-0.2, 0) is 14.4 Å². The summed E-state index contributed by atoms with van der Waals surface area (Å²) in [5.74, 6) is -7.84. The minimum atomic E-state index is -2.21. The van der Waals surface area contributed by atoms with E-state index in [4.69, 9.17) is 20.4 Å². The molecule has 11 heteroatoms. The maximum absolute atomic E-state index is 10.8. The molecule has 0 saturated carbocycles. The number of hydrogen-bond acceptors (Lipinski definition) is 6. The van der Waals surface area contributed by atoms with Crippen LogP contribution in [0.2, 0.25) is 0 Å². The largest absolute Gasteiger partial charge is 0.478 e. The lowest BCUT2D eigenvalue weighted by molar-refractivity contribution is -0.141. The monoisotopic (exact) mass is 259 g/mol. The van der Waals surface area contributed by atoms with Crippen LogP contribution in [0, 0.1) is 0 Å². The van der Waals surface area contributed by atoms with E-state index in [-0.39, 0.29) is 4.90 Å². The average Bonchev–Trinajstić information content (AvgIpc) is 2.26. The molecule has 1 heterocycles. The first-order valence-corrected chi connectivity index (χ1v) is 4.13. The second-order valence-corrected chi connectivity index (χ2v) is 2.86. The number of amidine groups is 2. The van der Waals surface area contributed by atoms with Crippen LogP contribution >= 0.6 is 0 Å². The van der Waals surface area contributed by atoms with E-state index < -0.39 is 41.8 Å². The van der Waals surface area contributed by atoms with Gasteiger partial charge in [0, 0.05) is 0 Å². The minimum absolute atomic E-state index is 0.156. The molecule has 0 radical (unpaired) electrons. The number of carboxylic acid groups (broad SMARTS) is 4. The summed E-state index contributed by atoms with van der Waals surface area (Å²) in [7, 11) is 0. The summed E-state index contributed by atoms with van der Waals surface area (Å²) < 4.78 is 0. The number of aliphatic carboxylic acids is 3. The van der Waals surface area contributed by atoms with Crippen molar-refractivity contribution in [3.8, 4) is 0 Å². The Morgan fingerprint density at radius 1 is 1.00 bits per heavy atom. The number of amides is 1. The number of rotatable bonds is 3. The fourth-order valence-electron chi connectivity index (χ4n) is 1.09. The molecule has 0 bridgehead atoms. The Morgan fingerprint density at radius 2 is 1.56 bits per heavy atom. The molecular formula is C7H5N3O8. The van der Waals surface area contributed by atoms with Gasteiger partial charge in [0.25, 0.3) is 0 Å². The average molecular weight is 259 g/mol. The standard InChI is InChI=1S/C7H5N3O8/c11-4(12)1-8-2(5(13)14)10(7(17)18)3(9-1)6(15)16/h2H,(H,11,12)(H,13,14)(H,15,16)(H,17,18). The molecule has 0 aromatic carbocycles. The molecule has 0 spiro atoms. The lowest BCUT2D eigenvalue weighted by atomic mass is 10.3. The van der Waals surface area contributed by atoms with E-state index in [0.29, 0.717) is 0 Å². The Kier molecular flexibility index (Phi) is 3.26. The molecule has 1 atom stereocenters. The van der Waals surface area contributed by atoms with Crippen LogP contribution in [0.1, 0.15) is 0 Å². The van der Waals surface area contributed by atoms with E-state index in [1.165, 1.54) is 0 Å². The zero-order chi connectivity index (χ0) is 14.0. The number of carboxylic acids is 3. The lowest BCUT2D eigenvalue weighted by Gasteiger charge is -2.25. The first kappa shape index (κ1) is 13.1. The summed E-state index contributed by atoms with van der Waals surface area (Å²) >= 11 is 0. The molecule has 1 aliphatic rings. The van der Waals surface area contributed by atoms with Crippen LogP contribution < -0.4 is 0 Å². The van der Waals surface area contributed by atoms with Gasteiger partial charge in [-0.3, -0.25) is 0 Å². The van der Waals surface area contributed by atoms with E-state index in [2.05, 4.69) is 9.98 Å². The van der Waals surface area contributed by atoms with Crippen LogP contribution in [0.5, 0.6) is 0 Å². The van der Waals surface area contributed by atoms with Crippen molar-refractivity contribution in [2.24, 2.45) is 9.98 Å². The molecule has 1 unspecified atom stereocenters. The van der Waals surface area contributed by atoms with Gasteiger partial charge in [-0.2, -0.15) is 4.99 Å². The SMILES string of the molecule is O=C(O)C1=NC(C(=O)O)N(C(=O)O)C(C(=O)O)=N1. The second kappa shape index (κ2) is 4.48. The summed E-state index contributed by atoms with van der Waals surface area (Å²) in [5.41, 5.74) is 0. The third kappa shape index (κ3) is 2.23. The highest BCUT2D eigenvalue weighted by atomic mass is 16.4. The molecule has 18 heavy (non-hydrogen) atoms. The first-order chi connectivity index (χ1) is 8.25. The predicted molar refractivity (Wildman–Crippen MR) is 51.4 cm³/mol. The molecule has 0 aromatic rings. The molecule has 0 saturated heterocycles. The Labute approximate surface area is 97.3 Å². The van der Waals surface area contributed by atoms with E-state index >= 15 is 0 Å². The summed E-state index contributed by atoms with van der Waals surface area (Å²) in [6.07, 6.45) is -4.14. The van der Waals surface area contributed by atoms with Crippen LogP contribution in [0.25, 0.3) is 0 Å². The topological polar surface area (TPSA) is 177 Å². The third-order valence-corrected chi connectivity index (χ3v) is 1.74. The van der Waals surface area contributed by atoms with Gasteiger partial charge in [-0.25, -0.2) is 29.1 Å². The Balaban J connectivity index is 3.39. The van der Waals surface area contributed by atoms with Crippen molar-refractivity contribution in [2.45, 2.75) is 6.17 Å². The maximum atomic E-state index is 10.8. The fraction of sp³-hybridized carbons (Fsp3) is 0.143. The van der Waals surface area contributed by atoms with Gasteiger partial charge in [-0.05, 0) is 0 Å². The van der Waals surface area contributed by atoms with Crippen molar-refractivity contribution in [3.05, 3.63) is 0 Å². The van der Waals surface area contributed by atoms with Gasteiger partial charge in [0.2, 0.25) is 17.8 Å². The smallest absolute Gasteiger partial charge is 0.415 e. The zero-order valence-corrected chi connectivity index (χ0v) is 8.34.